The van der Waals surface area contributed by atoms with Gasteiger partial charge in [-0.25, -0.2) is 4.39 Å². The molecule has 0 aliphatic heterocycles. The van der Waals surface area contributed by atoms with Crippen molar-refractivity contribution in [1.29, 1.82) is 0 Å². The van der Waals surface area contributed by atoms with E-state index in [4.69, 9.17) is 0 Å². The number of aromatic nitrogens is 2. The topological polar surface area (TPSA) is 37.8 Å². The molecule has 1 heterocycles. The Morgan fingerprint density at radius 2 is 2.28 bits per heavy atom. The third kappa shape index (κ3) is 3.51. The summed E-state index contributed by atoms with van der Waals surface area (Å²) < 4.78 is 13.0. The highest BCUT2D eigenvalue weighted by molar-refractivity contribution is 7.99. The summed E-state index contributed by atoms with van der Waals surface area (Å²) in [6.07, 6.45) is 5.07. The van der Waals surface area contributed by atoms with E-state index in [0.717, 1.165) is 16.3 Å². The normalized spacial score (nSPS) is 12.3. The van der Waals surface area contributed by atoms with Crippen LogP contribution in [0.15, 0.2) is 47.8 Å². The highest BCUT2D eigenvalue weighted by Gasteiger charge is 2.11. The molecule has 3 nitrogen and oxygen atoms in total. The summed E-state index contributed by atoms with van der Waals surface area (Å²) in [5.74, 6) is 0.569. The van der Waals surface area contributed by atoms with Crippen LogP contribution >= 0.6 is 11.8 Å². The lowest BCUT2D eigenvalue weighted by atomic mass is 10.2. The van der Waals surface area contributed by atoms with Gasteiger partial charge in [0.05, 0.1) is 11.7 Å². The molecule has 0 amide bonds. The Morgan fingerprint density at radius 3 is 2.94 bits per heavy atom. The summed E-state index contributed by atoms with van der Waals surface area (Å²) in [6.45, 7) is 0. The van der Waals surface area contributed by atoms with Crippen LogP contribution < -0.4 is 5.32 Å². The van der Waals surface area contributed by atoms with Crippen molar-refractivity contribution in [2.45, 2.75) is 10.9 Å². The predicted octanol–water partition coefficient (Wildman–Crippen LogP) is 2.67. The summed E-state index contributed by atoms with van der Waals surface area (Å²) >= 11 is 1.59. The maximum Gasteiger partial charge on any atom is 0.124 e. The molecule has 2 rings (SSSR count). The minimum Gasteiger partial charge on any atom is -0.311 e. The number of benzene rings is 1. The van der Waals surface area contributed by atoms with Gasteiger partial charge < -0.3 is 5.32 Å². The van der Waals surface area contributed by atoms with Crippen molar-refractivity contribution in [3.63, 3.8) is 0 Å². The third-order valence-electron chi connectivity index (χ3n) is 2.50. The molecule has 1 N–H and O–H groups in total. The van der Waals surface area contributed by atoms with Crippen LogP contribution in [0.4, 0.5) is 4.39 Å². The molecular formula is C13H14FN3S. The average molecular weight is 263 g/mol. The molecular weight excluding hydrogens is 249 g/mol. The van der Waals surface area contributed by atoms with Gasteiger partial charge in [0.15, 0.2) is 0 Å². The van der Waals surface area contributed by atoms with Gasteiger partial charge in [-0.15, -0.1) is 11.8 Å². The van der Waals surface area contributed by atoms with Crippen LogP contribution in [0.5, 0.6) is 0 Å². The van der Waals surface area contributed by atoms with E-state index in [1.807, 2.05) is 13.1 Å². The Balaban J connectivity index is 2.00. The summed E-state index contributed by atoms with van der Waals surface area (Å²) in [5, 5.41) is 3.19. The Bertz CT molecular complexity index is 493. The second-order valence-corrected chi connectivity index (χ2v) is 4.83. The Labute approximate surface area is 110 Å². The van der Waals surface area contributed by atoms with Gasteiger partial charge >= 0.3 is 0 Å². The first-order valence-electron chi connectivity index (χ1n) is 5.61. The Kier molecular flexibility index (Phi) is 4.66. The highest BCUT2D eigenvalue weighted by Crippen LogP contribution is 2.23. The second-order valence-electron chi connectivity index (χ2n) is 3.74. The molecule has 0 aliphatic carbocycles. The van der Waals surface area contributed by atoms with Crippen molar-refractivity contribution in [1.82, 2.24) is 15.3 Å². The molecule has 0 radical (unpaired) electrons. The van der Waals surface area contributed by atoms with Gasteiger partial charge in [-0.2, -0.15) is 0 Å². The molecule has 2 aromatic rings. The summed E-state index contributed by atoms with van der Waals surface area (Å²) in [4.78, 5) is 9.23. The lowest BCUT2D eigenvalue weighted by Crippen LogP contribution is -2.20. The van der Waals surface area contributed by atoms with E-state index in [9.17, 15) is 4.39 Å². The van der Waals surface area contributed by atoms with Crippen LogP contribution in [0, 0.1) is 5.82 Å². The number of rotatable bonds is 5. The van der Waals surface area contributed by atoms with Crippen molar-refractivity contribution in [2.75, 3.05) is 12.8 Å². The van der Waals surface area contributed by atoms with Crippen LogP contribution in [-0.2, 0) is 0 Å². The van der Waals surface area contributed by atoms with Gasteiger partial charge in [0.2, 0.25) is 0 Å². The van der Waals surface area contributed by atoms with Crippen molar-refractivity contribution in [2.24, 2.45) is 0 Å². The fraction of sp³-hybridized carbons (Fsp3) is 0.231. The molecule has 94 valence electrons. The maximum absolute atomic E-state index is 13.0. The zero-order valence-corrected chi connectivity index (χ0v) is 10.8. The quantitative estimate of drug-likeness (QED) is 0.842. The molecule has 0 saturated heterocycles. The molecule has 0 bridgehead atoms. The van der Waals surface area contributed by atoms with Crippen molar-refractivity contribution >= 4 is 11.8 Å². The van der Waals surface area contributed by atoms with Crippen molar-refractivity contribution < 1.29 is 4.39 Å². The number of halogens is 1. The van der Waals surface area contributed by atoms with Crippen LogP contribution in [0.3, 0.4) is 0 Å². The largest absolute Gasteiger partial charge is 0.311 e. The van der Waals surface area contributed by atoms with Gasteiger partial charge in [0, 0.05) is 29.2 Å². The van der Waals surface area contributed by atoms with Gasteiger partial charge in [-0.3, -0.25) is 9.97 Å². The molecule has 0 fully saturated rings. The summed E-state index contributed by atoms with van der Waals surface area (Å²) in [7, 11) is 1.88. The fourth-order valence-electron chi connectivity index (χ4n) is 1.54. The SMILES string of the molecule is CNC(CSc1cccc(F)c1)c1cnccn1. The van der Waals surface area contributed by atoms with Crippen LogP contribution in [0.25, 0.3) is 0 Å². The molecule has 1 aromatic carbocycles. The van der Waals surface area contributed by atoms with E-state index >= 15 is 0 Å². The van der Waals surface area contributed by atoms with E-state index < -0.39 is 0 Å². The van der Waals surface area contributed by atoms with Gasteiger partial charge in [-0.05, 0) is 25.2 Å². The van der Waals surface area contributed by atoms with E-state index in [0.29, 0.717) is 0 Å². The first-order chi connectivity index (χ1) is 8.79. The smallest absolute Gasteiger partial charge is 0.124 e. The third-order valence-corrected chi connectivity index (χ3v) is 3.59. The Morgan fingerprint density at radius 1 is 1.39 bits per heavy atom. The van der Waals surface area contributed by atoms with Crippen LogP contribution in [-0.4, -0.2) is 22.8 Å². The monoisotopic (exact) mass is 263 g/mol. The van der Waals surface area contributed by atoms with Crippen LogP contribution in [0.1, 0.15) is 11.7 Å². The van der Waals surface area contributed by atoms with Crippen molar-refractivity contribution in [3.05, 3.63) is 54.4 Å². The number of hydrogen-bond acceptors (Lipinski definition) is 4. The average Bonchev–Trinajstić information content (AvgIpc) is 2.41. The number of nitrogens with one attached hydrogen (secondary N) is 1. The minimum atomic E-state index is -0.208. The molecule has 1 unspecified atom stereocenters. The van der Waals surface area contributed by atoms with Gasteiger partial charge in [0.25, 0.3) is 0 Å². The van der Waals surface area contributed by atoms with E-state index in [1.54, 1.807) is 36.4 Å². The molecule has 0 aliphatic rings. The van der Waals surface area contributed by atoms with E-state index in [1.165, 1.54) is 12.1 Å². The molecule has 5 heteroatoms. The lowest BCUT2D eigenvalue weighted by molar-refractivity contribution is 0.623. The highest BCUT2D eigenvalue weighted by atomic mass is 32.2. The first-order valence-corrected chi connectivity index (χ1v) is 6.59. The molecule has 18 heavy (non-hydrogen) atoms. The molecule has 1 atom stereocenters. The Hall–Kier alpha value is -1.46. The van der Waals surface area contributed by atoms with E-state index in [2.05, 4.69) is 15.3 Å². The second kappa shape index (κ2) is 6.47. The first kappa shape index (κ1) is 13.0. The number of hydrogen-bond donors (Lipinski definition) is 1. The summed E-state index contributed by atoms with van der Waals surface area (Å²) in [5.41, 5.74) is 0.893. The van der Waals surface area contributed by atoms with Gasteiger partial charge in [-0.1, -0.05) is 6.07 Å². The number of thioether (sulfide) groups is 1. The fourth-order valence-corrected chi connectivity index (χ4v) is 2.61. The summed E-state index contributed by atoms with van der Waals surface area (Å²) in [6, 6.07) is 6.70. The van der Waals surface area contributed by atoms with Gasteiger partial charge in [0.1, 0.15) is 5.82 Å². The van der Waals surface area contributed by atoms with E-state index in [-0.39, 0.29) is 11.9 Å². The molecule has 0 saturated carbocycles. The van der Waals surface area contributed by atoms with Crippen molar-refractivity contribution in [3.8, 4) is 0 Å². The zero-order valence-electron chi connectivity index (χ0n) is 10.0. The minimum absolute atomic E-state index is 0.104. The maximum atomic E-state index is 13.0. The zero-order chi connectivity index (χ0) is 12.8. The standard InChI is InChI=1S/C13H14FN3S/c1-15-13(12-8-16-5-6-17-12)9-18-11-4-2-3-10(14)7-11/h2-8,13,15H,9H2,1H3. The lowest BCUT2D eigenvalue weighted by Gasteiger charge is -2.14. The molecule has 0 spiro atoms. The number of nitrogens with zero attached hydrogens (tertiary/aromatic N) is 2. The molecule has 1 aromatic heterocycles. The van der Waals surface area contributed by atoms with Crippen LogP contribution in [0.2, 0.25) is 0 Å². The predicted molar refractivity (Wildman–Crippen MR) is 71.0 cm³/mol.